The molecule has 186 valence electrons. The number of nitrogens with one attached hydrogen (secondary N) is 2. The maximum atomic E-state index is 12.9. The van der Waals surface area contributed by atoms with E-state index in [-0.39, 0.29) is 35.9 Å². The molecule has 2 atom stereocenters. The first kappa shape index (κ1) is 25.9. The third-order valence-electron chi connectivity index (χ3n) is 5.85. The zero-order valence-corrected chi connectivity index (χ0v) is 20.1. The molecule has 0 bridgehead atoms. The van der Waals surface area contributed by atoms with Crippen LogP contribution >= 0.6 is 0 Å². The number of rotatable bonds is 12. The summed E-state index contributed by atoms with van der Waals surface area (Å²) in [6.45, 7) is 4.12. The zero-order valence-electron chi connectivity index (χ0n) is 20.1. The summed E-state index contributed by atoms with van der Waals surface area (Å²) in [5.41, 5.74) is 1.42. The Morgan fingerprint density at radius 1 is 1.00 bits per heavy atom. The smallest absolute Gasteiger partial charge is 0.320 e. The van der Waals surface area contributed by atoms with Crippen LogP contribution in [-0.4, -0.2) is 59.4 Å². The van der Waals surface area contributed by atoms with Crippen LogP contribution in [0.5, 0.6) is 5.75 Å². The van der Waals surface area contributed by atoms with E-state index < -0.39 is 29.9 Å². The average molecular weight is 482 g/mol. The molecule has 0 saturated heterocycles. The van der Waals surface area contributed by atoms with Gasteiger partial charge in [-0.05, 0) is 42.5 Å². The molecule has 0 fully saturated rings. The van der Waals surface area contributed by atoms with E-state index in [0.29, 0.717) is 18.7 Å². The molecule has 35 heavy (non-hydrogen) atoms. The highest BCUT2D eigenvalue weighted by Gasteiger charge is 2.37. The van der Waals surface area contributed by atoms with E-state index in [0.717, 1.165) is 10.5 Å². The normalized spacial score (nSPS) is 14.6. The molecular weight excluding hydrogens is 450 g/mol. The number of aliphatic carboxylic acids is 1. The summed E-state index contributed by atoms with van der Waals surface area (Å²) in [4.78, 5) is 51.4. The molecular formula is C26H31N3O6. The standard InChI is InChI=1S/C26H31N3O6/c1-16(2)13-22(23(30)27-15-17-7-5-4-6-8-17)28-21(26(33)34)11-12-29-24(31)19-10-9-18(35-3)14-20(19)25(29)32/h4-10,14,16,21-22,28H,11-13,15H2,1-3H3,(H,27,30)(H,33,34)/t21-,22+/m1/s1. The van der Waals surface area contributed by atoms with E-state index in [1.54, 1.807) is 6.07 Å². The Labute approximate surface area is 204 Å². The number of carbonyl (C=O) groups is 4. The Kier molecular flexibility index (Phi) is 8.59. The lowest BCUT2D eigenvalue weighted by molar-refractivity contribution is -0.140. The highest BCUT2D eigenvalue weighted by Crippen LogP contribution is 2.27. The first-order chi connectivity index (χ1) is 16.7. The summed E-state index contributed by atoms with van der Waals surface area (Å²) >= 11 is 0. The first-order valence-electron chi connectivity index (χ1n) is 11.6. The van der Waals surface area contributed by atoms with Crippen molar-refractivity contribution in [1.82, 2.24) is 15.5 Å². The lowest BCUT2D eigenvalue weighted by atomic mass is 10.0. The van der Waals surface area contributed by atoms with Crippen molar-refractivity contribution in [1.29, 1.82) is 0 Å². The number of hydrogen-bond acceptors (Lipinski definition) is 6. The highest BCUT2D eigenvalue weighted by molar-refractivity contribution is 6.21. The fourth-order valence-corrected chi connectivity index (χ4v) is 4.01. The second kappa shape index (κ2) is 11.6. The van der Waals surface area contributed by atoms with Gasteiger partial charge in [-0.1, -0.05) is 44.2 Å². The monoisotopic (exact) mass is 481 g/mol. The van der Waals surface area contributed by atoms with Crippen LogP contribution in [0.3, 0.4) is 0 Å². The number of carbonyl (C=O) groups excluding carboxylic acids is 3. The maximum absolute atomic E-state index is 12.9. The molecule has 1 aliphatic rings. The van der Waals surface area contributed by atoms with Crippen molar-refractivity contribution in [3.8, 4) is 5.75 Å². The molecule has 2 aromatic carbocycles. The molecule has 0 spiro atoms. The number of hydrogen-bond donors (Lipinski definition) is 3. The predicted octanol–water partition coefficient (Wildman–Crippen LogP) is 2.46. The summed E-state index contributed by atoms with van der Waals surface area (Å²) in [5, 5.41) is 15.6. The van der Waals surface area contributed by atoms with E-state index in [1.165, 1.54) is 19.2 Å². The van der Waals surface area contributed by atoms with Crippen molar-refractivity contribution in [2.24, 2.45) is 5.92 Å². The van der Waals surface area contributed by atoms with Crippen molar-refractivity contribution in [2.75, 3.05) is 13.7 Å². The topological polar surface area (TPSA) is 125 Å². The third kappa shape index (κ3) is 6.45. The number of nitrogens with zero attached hydrogens (tertiary/aromatic N) is 1. The highest BCUT2D eigenvalue weighted by atomic mass is 16.5. The van der Waals surface area contributed by atoms with E-state index in [4.69, 9.17) is 4.74 Å². The van der Waals surface area contributed by atoms with E-state index in [2.05, 4.69) is 10.6 Å². The van der Waals surface area contributed by atoms with Crippen LogP contribution in [0.1, 0.15) is 53.0 Å². The van der Waals surface area contributed by atoms with Gasteiger partial charge in [0.2, 0.25) is 5.91 Å². The molecule has 0 saturated carbocycles. The lowest BCUT2D eigenvalue weighted by Crippen LogP contribution is -2.52. The quantitative estimate of drug-likeness (QED) is 0.398. The SMILES string of the molecule is COc1ccc2c(c1)C(=O)N(CC[C@@H](N[C@@H](CC(C)C)C(=O)NCc1ccccc1)C(=O)O)C2=O. The Balaban J connectivity index is 1.66. The van der Waals surface area contributed by atoms with Gasteiger partial charge in [-0.25, -0.2) is 0 Å². The van der Waals surface area contributed by atoms with Gasteiger partial charge in [0.25, 0.3) is 11.8 Å². The van der Waals surface area contributed by atoms with Gasteiger partial charge in [0.15, 0.2) is 0 Å². The van der Waals surface area contributed by atoms with Gasteiger partial charge in [-0.3, -0.25) is 29.4 Å². The number of carboxylic acids is 1. The number of ether oxygens (including phenoxy) is 1. The fraction of sp³-hybridized carbons (Fsp3) is 0.385. The molecule has 9 nitrogen and oxygen atoms in total. The molecule has 1 heterocycles. The Bertz CT molecular complexity index is 1090. The molecule has 1 aliphatic heterocycles. The Morgan fingerprint density at radius 3 is 2.31 bits per heavy atom. The summed E-state index contributed by atoms with van der Waals surface area (Å²) < 4.78 is 5.13. The number of benzene rings is 2. The van der Waals surface area contributed by atoms with E-state index in [1.807, 2.05) is 44.2 Å². The second-order valence-corrected chi connectivity index (χ2v) is 8.91. The maximum Gasteiger partial charge on any atom is 0.320 e. The number of carboxylic acid groups (broad SMARTS) is 1. The minimum Gasteiger partial charge on any atom is -0.497 e. The molecule has 0 radical (unpaired) electrons. The average Bonchev–Trinajstić information content (AvgIpc) is 3.08. The van der Waals surface area contributed by atoms with Crippen LogP contribution < -0.4 is 15.4 Å². The largest absolute Gasteiger partial charge is 0.497 e. The predicted molar refractivity (Wildman–Crippen MR) is 129 cm³/mol. The summed E-state index contributed by atoms with van der Waals surface area (Å²) in [7, 11) is 1.47. The van der Waals surface area contributed by atoms with Gasteiger partial charge >= 0.3 is 5.97 Å². The minimum absolute atomic E-state index is 0.0432. The van der Waals surface area contributed by atoms with Crippen LogP contribution in [0, 0.1) is 5.92 Å². The van der Waals surface area contributed by atoms with Crippen LogP contribution in [0.2, 0.25) is 0 Å². The second-order valence-electron chi connectivity index (χ2n) is 8.91. The molecule has 0 aliphatic carbocycles. The Hall–Kier alpha value is -3.72. The van der Waals surface area contributed by atoms with Gasteiger partial charge in [0.1, 0.15) is 11.8 Å². The number of methoxy groups -OCH3 is 1. The van der Waals surface area contributed by atoms with Gasteiger partial charge < -0.3 is 15.2 Å². The molecule has 3 rings (SSSR count). The van der Waals surface area contributed by atoms with Gasteiger partial charge in [0, 0.05) is 13.1 Å². The van der Waals surface area contributed by atoms with Crippen molar-refractivity contribution in [3.05, 3.63) is 65.2 Å². The molecule has 0 unspecified atom stereocenters. The van der Waals surface area contributed by atoms with Crippen LogP contribution in [0.25, 0.3) is 0 Å². The van der Waals surface area contributed by atoms with Gasteiger partial charge in [-0.15, -0.1) is 0 Å². The number of amides is 3. The first-order valence-corrected chi connectivity index (χ1v) is 11.6. The minimum atomic E-state index is -1.16. The van der Waals surface area contributed by atoms with Crippen molar-refractivity contribution < 1.29 is 29.0 Å². The summed E-state index contributed by atoms with van der Waals surface area (Å²) in [6.07, 6.45) is 0.385. The third-order valence-corrected chi connectivity index (χ3v) is 5.85. The summed E-state index contributed by atoms with van der Waals surface area (Å²) in [5.74, 6) is -1.84. The Morgan fingerprint density at radius 2 is 1.69 bits per heavy atom. The van der Waals surface area contributed by atoms with Crippen LogP contribution in [0.15, 0.2) is 48.5 Å². The van der Waals surface area contributed by atoms with Crippen molar-refractivity contribution >= 4 is 23.7 Å². The molecule has 3 amide bonds. The van der Waals surface area contributed by atoms with Gasteiger partial charge in [0.05, 0.1) is 24.3 Å². The molecule has 0 aromatic heterocycles. The molecule has 2 aromatic rings. The lowest BCUT2D eigenvalue weighted by Gasteiger charge is -2.25. The molecule has 3 N–H and O–H groups in total. The van der Waals surface area contributed by atoms with Gasteiger partial charge in [-0.2, -0.15) is 0 Å². The molecule has 9 heteroatoms. The van der Waals surface area contributed by atoms with E-state index in [9.17, 15) is 24.3 Å². The summed E-state index contributed by atoms with van der Waals surface area (Å²) in [6, 6.07) is 12.2. The van der Waals surface area contributed by atoms with Crippen molar-refractivity contribution in [2.45, 2.75) is 45.3 Å². The van der Waals surface area contributed by atoms with E-state index >= 15 is 0 Å². The number of imide groups is 1. The zero-order chi connectivity index (χ0) is 25.5. The van der Waals surface area contributed by atoms with Crippen LogP contribution in [-0.2, 0) is 16.1 Å². The van der Waals surface area contributed by atoms with Crippen LogP contribution in [0.4, 0.5) is 0 Å². The van der Waals surface area contributed by atoms with Crippen molar-refractivity contribution in [3.63, 3.8) is 0 Å². The number of fused-ring (bicyclic) bond motifs is 1. The fourth-order valence-electron chi connectivity index (χ4n) is 4.01.